The molecule has 2 aromatic rings. The molecule has 0 aliphatic carbocycles. The molecule has 0 saturated carbocycles. The van der Waals surface area contributed by atoms with Crippen LogP contribution >= 0.6 is 0 Å². The molecule has 2 amide bonds. The maximum Gasteiger partial charge on any atom is 0.265 e. The number of benzene rings is 2. The Bertz CT molecular complexity index is 907. The van der Waals surface area contributed by atoms with Crippen molar-refractivity contribution in [2.45, 2.75) is 46.1 Å². The highest BCUT2D eigenvalue weighted by Gasteiger charge is 2.39. The van der Waals surface area contributed by atoms with Gasteiger partial charge in [-0.3, -0.25) is 14.6 Å². The molecule has 26 heavy (non-hydrogen) atoms. The normalized spacial score (nSPS) is 17.7. The number of hydrogen-bond donors (Lipinski definition) is 0. The molecule has 1 heterocycles. The second-order valence-electron chi connectivity index (χ2n) is 7.76. The molecule has 1 aliphatic rings. The molecular formula is C22H24N2O2. The van der Waals surface area contributed by atoms with E-state index >= 15 is 0 Å². The smallest absolute Gasteiger partial charge is 0.265 e. The number of carbonyl (C=O) groups is 2. The summed E-state index contributed by atoms with van der Waals surface area (Å²) >= 11 is 0. The monoisotopic (exact) mass is 348 g/mol. The van der Waals surface area contributed by atoms with Crippen LogP contribution in [-0.2, 0) is 4.79 Å². The minimum Gasteiger partial charge on any atom is -0.291 e. The summed E-state index contributed by atoms with van der Waals surface area (Å²) < 4.78 is 0. The van der Waals surface area contributed by atoms with Crippen LogP contribution in [0, 0.1) is 13.8 Å². The molecule has 0 fully saturated rings. The standard InChI is InChI=1S/C22H24N2O2/c1-14-10-11-16(12-15(14)2)24-20(25)18-9-7-6-8-17(18)19(21(24)26)13-23-22(3,4)5/h6-13,19H,1-5H3/t19-/m1/s1. The third kappa shape index (κ3) is 3.32. The molecule has 1 atom stereocenters. The lowest BCUT2D eigenvalue weighted by atomic mass is 9.88. The van der Waals surface area contributed by atoms with Gasteiger partial charge >= 0.3 is 0 Å². The van der Waals surface area contributed by atoms with Crippen molar-refractivity contribution in [2.75, 3.05) is 4.90 Å². The van der Waals surface area contributed by atoms with Crippen molar-refractivity contribution in [2.24, 2.45) is 4.99 Å². The first-order valence-corrected chi connectivity index (χ1v) is 8.79. The molecule has 1 aliphatic heterocycles. The predicted molar refractivity (Wildman–Crippen MR) is 105 cm³/mol. The number of amides is 2. The third-order valence-corrected chi connectivity index (χ3v) is 4.58. The van der Waals surface area contributed by atoms with E-state index in [1.807, 2.05) is 71.0 Å². The fraction of sp³-hybridized carbons (Fsp3) is 0.318. The molecule has 0 radical (unpaired) electrons. The molecule has 0 N–H and O–H groups in total. The average Bonchev–Trinajstić information content (AvgIpc) is 2.57. The number of hydrogen-bond acceptors (Lipinski definition) is 3. The second-order valence-corrected chi connectivity index (χ2v) is 7.76. The van der Waals surface area contributed by atoms with E-state index in [0.29, 0.717) is 11.3 Å². The predicted octanol–water partition coefficient (Wildman–Crippen LogP) is 4.44. The van der Waals surface area contributed by atoms with Crippen molar-refractivity contribution in [1.29, 1.82) is 0 Å². The van der Waals surface area contributed by atoms with Gasteiger partial charge in [-0.05, 0) is 69.5 Å². The molecule has 0 bridgehead atoms. The first-order chi connectivity index (χ1) is 12.2. The Morgan fingerprint density at radius 1 is 1.00 bits per heavy atom. The van der Waals surface area contributed by atoms with Crippen LogP contribution in [-0.4, -0.2) is 23.6 Å². The zero-order valence-electron chi connectivity index (χ0n) is 15.9. The lowest BCUT2D eigenvalue weighted by Crippen LogP contribution is -2.45. The van der Waals surface area contributed by atoms with Gasteiger partial charge in [0.05, 0.1) is 17.1 Å². The van der Waals surface area contributed by atoms with E-state index in [2.05, 4.69) is 4.99 Å². The summed E-state index contributed by atoms with van der Waals surface area (Å²) in [4.78, 5) is 32.1. The fourth-order valence-corrected chi connectivity index (χ4v) is 3.01. The van der Waals surface area contributed by atoms with Gasteiger partial charge < -0.3 is 0 Å². The van der Waals surface area contributed by atoms with Crippen molar-refractivity contribution in [3.05, 3.63) is 64.7 Å². The third-order valence-electron chi connectivity index (χ3n) is 4.58. The lowest BCUT2D eigenvalue weighted by molar-refractivity contribution is -0.118. The maximum atomic E-state index is 13.2. The summed E-state index contributed by atoms with van der Waals surface area (Å²) in [5.74, 6) is -1.11. The van der Waals surface area contributed by atoms with Gasteiger partial charge in [-0.25, -0.2) is 4.90 Å². The van der Waals surface area contributed by atoms with Crippen molar-refractivity contribution in [3.63, 3.8) is 0 Å². The summed E-state index contributed by atoms with van der Waals surface area (Å²) in [5.41, 5.74) is 3.75. The Morgan fingerprint density at radius 2 is 1.69 bits per heavy atom. The van der Waals surface area contributed by atoms with Gasteiger partial charge in [0.2, 0.25) is 5.91 Å². The highest BCUT2D eigenvalue weighted by Crippen LogP contribution is 2.33. The van der Waals surface area contributed by atoms with Crippen molar-refractivity contribution < 1.29 is 9.59 Å². The van der Waals surface area contributed by atoms with E-state index in [0.717, 1.165) is 16.7 Å². The average molecular weight is 348 g/mol. The summed E-state index contributed by atoms with van der Waals surface area (Å²) in [6.07, 6.45) is 1.68. The molecule has 0 saturated heterocycles. The van der Waals surface area contributed by atoms with Gasteiger partial charge in [-0.2, -0.15) is 0 Å². The van der Waals surface area contributed by atoms with Gasteiger partial charge in [-0.1, -0.05) is 24.3 Å². The van der Waals surface area contributed by atoms with Crippen LogP contribution in [0.1, 0.15) is 53.7 Å². The van der Waals surface area contributed by atoms with E-state index in [1.165, 1.54) is 4.90 Å². The highest BCUT2D eigenvalue weighted by molar-refractivity contribution is 6.29. The van der Waals surface area contributed by atoms with E-state index in [1.54, 1.807) is 12.3 Å². The van der Waals surface area contributed by atoms with Crippen LogP contribution < -0.4 is 4.90 Å². The number of carbonyl (C=O) groups excluding carboxylic acids is 2. The zero-order valence-corrected chi connectivity index (χ0v) is 15.9. The van der Waals surface area contributed by atoms with Gasteiger partial charge in [0, 0.05) is 11.8 Å². The summed E-state index contributed by atoms with van der Waals surface area (Å²) in [7, 11) is 0. The zero-order chi connectivity index (χ0) is 19.1. The van der Waals surface area contributed by atoms with Gasteiger partial charge in [0.25, 0.3) is 5.91 Å². The Balaban J connectivity index is 2.13. The molecule has 2 aromatic carbocycles. The van der Waals surface area contributed by atoms with E-state index in [9.17, 15) is 9.59 Å². The van der Waals surface area contributed by atoms with E-state index < -0.39 is 5.92 Å². The van der Waals surface area contributed by atoms with Gasteiger partial charge in [0.1, 0.15) is 0 Å². The molecule has 0 spiro atoms. The van der Waals surface area contributed by atoms with E-state index in [4.69, 9.17) is 0 Å². The fourth-order valence-electron chi connectivity index (χ4n) is 3.01. The van der Waals surface area contributed by atoms with Crippen LogP contribution in [0.2, 0.25) is 0 Å². The molecule has 3 rings (SSSR count). The number of aryl methyl sites for hydroxylation is 2. The number of aliphatic imine (C=N–C) groups is 1. The first-order valence-electron chi connectivity index (χ1n) is 8.79. The quantitative estimate of drug-likeness (QED) is 0.595. The van der Waals surface area contributed by atoms with Gasteiger partial charge in [0.15, 0.2) is 0 Å². The largest absolute Gasteiger partial charge is 0.291 e. The summed E-state index contributed by atoms with van der Waals surface area (Å²) in [6.45, 7) is 9.93. The number of imide groups is 1. The minimum absolute atomic E-state index is 0.259. The molecule has 0 unspecified atom stereocenters. The Hall–Kier alpha value is -2.75. The summed E-state index contributed by atoms with van der Waals surface area (Å²) in [6, 6.07) is 12.9. The van der Waals surface area contributed by atoms with Crippen LogP contribution in [0.5, 0.6) is 0 Å². The number of rotatable bonds is 2. The van der Waals surface area contributed by atoms with Crippen molar-refractivity contribution in [3.8, 4) is 0 Å². The SMILES string of the molecule is Cc1ccc(N2C(=O)c3ccccc3[C@@H](C=NC(C)(C)C)C2=O)cc1C. The summed E-state index contributed by atoms with van der Waals surface area (Å²) in [5, 5.41) is 0. The van der Waals surface area contributed by atoms with Crippen LogP contribution in [0.3, 0.4) is 0 Å². The topological polar surface area (TPSA) is 49.7 Å². The Morgan fingerprint density at radius 3 is 2.35 bits per heavy atom. The molecule has 0 aromatic heterocycles. The molecule has 4 nitrogen and oxygen atoms in total. The van der Waals surface area contributed by atoms with Crippen LogP contribution in [0.25, 0.3) is 0 Å². The number of nitrogens with zero attached hydrogens (tertiary/aromatic N) is 2. The highest BCUT2D eigenvalue weighted by atomic mass is 16.2. The number of fused-ring (bicyclic) bond motifs is 1. The minimum atomic E-state index is -0.565. The molecule has 4 heteroatoms. The first kappa shape index (κ1) is 18.1. The maximum absolute atomic E-state index is 13.2. The van der Waals surface area contributed by atoms with Crippen molar-refractivity contribution in [1.82, 2.24) is 0 Å². The molecular weight excluding hydrogens is 324 g/mol. The Kier molecular flexibility index (Phi) is 4.53. The Labute approximate surface area is 154 Å². The van der Waals surface area contributed by atoms with Crippen molar-refractivity contribution >= 4 is 23.7 Å². The second kappa shape index (κ2) is 6.52. The van der Waals surface area contributed by atoms with Gasteiger partial charge in [-0.15, -0.1) is 0 Å². The van der Waals surface area contributed by atoms with Crippen LogP contribution in [0.15, 0.2) is 47.5 Å². The lowest BCUT2D eigenvalue weighted by Gasteiger charge is -2.31. The van der Waals surface area contributed by atoms with E-state index in [-0.39, 0.29) is 17.4 Å². The van der Waals surface area contributed by atoms with Crippen LogP contribution in [0.4, 0.5) is 5.69 Å². The number of anilines is 1. The molecule has 134 valence electrons.